The molecule has 0 spiro atoms. The topological polar surface area (TPSA) is 43.4 Å². The van der Waals surface area contributed by atoms with Crippen molar-refractivity contribution in [2.75, 3.05) is 14.2 Å². The van der Waals surface area contributed by atoms with Gasteiger partial charge in [0.05, 0.1) is 14.2 Å². The number of aromatic nitrogens is 1. The fourth-order valence-electron chi connectivity index (χ4n) is 2.03. The SMILES string of the molecule is COc1cccc(C(C)NCc2cccnc2OC)c1. The van der Waals surface area contributed by atoms with E-state index in [-0.39, 0.29) is 6.04 Å². The predicted molar refractivity (Wildman–Crippen MR) is 79.0 cm³/mol. The van der Waals surface area contributed by atoms with Crippen LogP contribution in [0, 0.1) is 0 Å². The lowest BCUT2D eigenvalue weighted by atomic mass is 10.1. The van der Waals surface area contributed by atoms with Gasteiger partial charge in [-0.15, -0.1) is 0 Å². The van der Waals surface area contributed by atoms with E-state index < -0.39 is 0 Å². The summed E-state index contributed by atoms with van der Waals surface area (Å²) in [4.78, 5) is 4.19. The number of nitrogens with zero attached hydrogens (tertiary/aromatic N) is 1. The first-order valence-corrected chi connectivity index (χ1v) is 6.60. The number of rotatable bonds is 6. The quantitative estimate of drug-likeness (QED) is 0.878. The van der Waals surface area contributed by atoms with Crippen LogP contribution in [0.2, 0.25) is 0 Å². The minimum absolute atomic E-state index is 0.218. The number of hydrogen-bond donors (Lipinski definition) is 1. The second kappa shape index (κ2) is 6.91. The van der Waals surface area contributed by atoms with Gasteiger partial charge in [0.25, 0.3) is 0 Å². The van der Waals surface area contributed by atoms with E-state index in [1.54, 1.807) is 20.4 Å². The van der Waals surface area contributed by atoms with Crippen molar-refractivity contribution in [3.05, 3.63) is 53.7 Å². The van der Waals surface area contributed by atoms with E-state index in [9.17, 15) is 0 Å². The minimum atomic E-state index is 0.218. The second-order valence-electron chi connectivity index (χ2n) is 4.55. The maximum atomic E-state index is 5.25. The van der Waals surface area contributed by atoms with Crippen molar-refractivity contribution in [1.29, 1.82) is 0 Å². The maximum absolute atomic E-state index is 5.25. The Morgan fingerprint density at radius 1 is 1.15 bits per heavy atom. The number of benzene rings is 1. The van der Waals surface area contributed by atoms with Crippen LogP contribution >= 0.6 is 0 Å². The van der Waals surface area contributed by atoms with Crippen molar-refractivity contribution in [3.8, 4) is 11.6 Å². The number of pyridine rings is 1. The van der Waals surface area contributed by atoms with Crippen molar-refractivity contribution in [2.24, 2.45) is 0 Å². The highest BCUT2D eigenvalue weighted by molar-refractivity contribution is 5.31. The molecule has 1 aromatic carbocycles. The molecule has 1 unspecified atom stereocenters. The standard InChI is InChI=1S/C16H20N2O2/c1-12(13-6-4-8-15(10-13)19-2)18-11-14-7-5-9-17-16(14)20-3/h4-10,12,18H,11H2,1-3H3. The highest BCUT2D eigenvalue weighted by atomic mass is 16.5. The van der Waals surface area contributed by atoms with E-state index in [1.165, 1.54) is 5.56 Å². The summed E-state index contributed by atoms with van der Waals surface area (Å²) in [5, 5.41) is 3.47. The normalized spacial score (nSPS) is 11.9. The van der Waals surface area contributed by atoms with Gasteiger partial charge in [0.1, 0.15) is 5.75 Å². The molecule has 0 bridgehead atoms. The van der Waals surface area contributed by atoms with Crippen molar-refractivity contribution >= 4 is 0 Å². The van der Waals surface area contributed by atoms with Crippen LogP contribution in [0.5, 0.6) is 11.6 Å². The highest BCUT2D eigenvalue weighted by Crippen LogP contribution is 2.20. The van der Waals surface area contributed by atoms with Crippen LogP contribution in [0.4, 0.5) is 0 Å². The third-order valence-electron chi connectivity index (χ3n) is 3.24. The lowest BCUT2D eigenvalue weighted by Crippen LogP contribution is -2.18. The van der Waals surface area contributed by atoms with E-state index in [4.69, 9.17) is 9.47 Å². The van der Waals surface area contributed by atoms with Crippen LogP contribution in [0.3, 0.4) is 0 Å². The van der Waals surface area contributed by atoms with Gasteiger partial charge in [0, 0.05) is 24.3 Å². The fourth-order valence-corrected chi connectivity index (χ4v) is 2.03. The highest BCUT2D eigenvalue weighted by Gasteiger charge is 2.08. The number of ether oxygens (including phenoxy) is 2. The Balaban J connectivity index is 2.02. The van der Waals surface area contributed by atoms with Crippen molar-refractivity contribution in [1.82, 2.24) is 10.3 Å². The summed E-state index contributed by atoms with van der Waals surface area (Å²) in [6.45, 7) is 2.83. The molecule has 0 saturated heterocycles. The molecule has 1 atom stereocenters. The smallest absolute Gasteiger partial charge is 0.217 e. The van der Waals surface area contributed by atoms with Crippen molar-refractivity contribution in [2.45, 2.75) is 19.5 Å². The monoisotopic (exact) mass is 272 g/mol. The van der Waals surface area contributed by atoms with E-state index >= 15 is 0 Å². The average molecular weight is 272 g/mol. The summed E-state index contributed by atoms with van der Waals surface area (Å²) < 4.78 is 10.5. The first-order chi connectivity index (χ1) is 9.74. The predicted octanol–water partition coefficient (Wildman–Crippen LogP) is 2.95. The second-order valence-corrected chi connectivity index (χ2v) is 4.55. The van der Waals surface area contributed by atoms with Crippen LogP contribution in [0.25, 0.3) is 0 Å². The van der Waals surface area contributed by atoms with Gasteiger partial charge in [-0.05, 0) is 30.7 Å². The summed E-state index contributed by atoms with van der Waals surface area (Å²) in [6.07, 6.45) is 1.73. The van der Waals surface area contributed by atoms with E-state index in [2.05, 4.69) is 23.3 Å². The van der Waals surface area contributed by atoms with Gasteiger partial charge in [-0.2, -0.15) is 0 Å². The van der Waals surface area contributed by atoms with Gasteiger partial charge in [-0.25, -0.2) is 4.98 Å². The fraction of sp³-hybridized carbons (Fsp3) is 0.312. The molecule has 0 aliphatic heterocycles. The Morgan fingerprint density at radius 2 is 2.00 bits per heavy atom. The molecule has 0 aliphatic rings. The van der Waals surface area contributed by atoms with Crippen LogP contribution in [0.1, 0.15) is 24.1 Å². The Kier molecular flexibility index (Phi) is 4.96. The van der Waals surface area contributed by atoms with Gasteiger partial charge in [0.15, 0.2) is 0 Å². The van der Waals surface area contributed by atoms with E-state index in [0.29, 0.717) is 12.4 Å². The molecule has 4 heteroatoms. The molecule has 0 fully saturated rings. The molecular formula is C16H20N2O2. The minimum Gasteiger partial charge on any atom is -0.497 e. The molecule has 1 aromatic heterocycles. The molecule has 1 heterocycles. The molecule has 0 amide bonds. The lowest BCUT2D eigenvalue weighted by molar-refractivity contribution is 0.389. The zero-order valence-electron chi connectivity index (χ0n) is 12.1. The molecule has 106 valence electrons. The largest absolute Gasteiger partial charge is 0.497 e. The van der Waals surface area contributed by atoms with Crippen LogP contribution in [-0.2, 0) is 6.54 Å². The molecule has 0 radical (unpaired) electrons. The van der Waals surface area contributed by atoms with Gasteiger partial charge in [-0.1, -0.05) is 18.2 Å². The molecule has 2 rings (SSSR count). The van der Waals surface area contributed by atoms with Crippen molar-refractivity contribution in [3.63, 3.8) is 0 Å². The van der Waals surface area contributed by atoms with Gasteiger partial charge in [0.2, 0.25) is 5.88 Å². The first-order valence-electron chi connectivity index (χ1n) is 6.60. The van der Waals surface area contributed by atoms with Crippen molar-refractivity contribution < 1.29 is 9.47 Å². The number of hydrogen-bond acceptors (Lipinski definition) is 4. The van der Waals surface area contributed by atoms with Crippen LogP contribution in [0.15, 0.2) is 42.6 Å². The zero-order valence-corrected chi connectivity index (χ0v) is 12.1. The summed E-state index contributed by atoms with van der Waals surface area (Å²) in [7, 11) is 3.31. The third kappa shape index (κ3) is 3.48. The summed E-state index contributed by atoms with van der Waals surface area (Å²) in [6, 6.07) is 12.2. The number of nitrogens with one attached hydrogen (secondary N) is 1. The van der Waals surface area contributed by atoms with Gasteiger partial charge in [-0.3, -0.25) is 0 Å². The Morgan fingerprint density at radius 3 is 2.75 bits per heavy atom. The summed E-state index contributed by atoms with van der Waals surface area (Å²) in [5.41, 5.74) is 2.23. The van der Waals surface area contributed by atoms with E-state index in [0.717, 1.165) is 11.3 Å². The van der Waals surface area contributed by atoms with Gasteiger partial charge >= 0.3 is 0 Å². The average Bonchev–Trinajstić information content (AvgIpc) is 2.52. The Hall–Kier alpha value is -2.07. The lowest BCUT2D eigenvalue weighted by Gasteiger charge is -2.16. The van der Waals surface area contributed by atoms with Crippen LogP contribution < -0.4 is 14.8 Å². The van der Waals surface area contributed by atoms with Crippen LogP contribution in [-0.4, -0.2) is 19.2 Å². The summed E-state index contributed by atoms with van der Waals surface area (Å²) in [5.74, 6) is 1.54. The molecule has 4 nitrogen and oxygen atoms in total. The number of methoxy groups -OCH3 is 2. The Labute approximate surface area is 119 Å². The zero-order chi connectivity index (χ0) is 14.4. The molecular weight excluding hydrogens is 252 g/mol. The van der Waals surface area contributed by atoms with E-state index in [1.807, 2.05) is 30.3 Å². The molecule has 2 aromatic rings. The first kappa shape index (κ1) is 14.3. The van der Waals surface area contributed by atoms with Gasteiger partial charge < -0.3 is 14.8 Å². The Bertz CT molecular complexity index is 558. The summed E-state index contributed by atoms with van der Waals surface area (Å²) >= 11 is 0. The molecule has 1 N–H and O–H groups in total. The molecule has 0 saturated carbocycles. The molecule has 20 heavy (non-hydrogen) atoms. The third-order valence-corrected chi connectivity index (χ3v) is 3.24. The maximum Gasteiger partial charge on any atom is 0.217 e. The molecule has 0 aliphatic carbocycles.